The van der Waals surface area contributed by atoms with Crippen molar-refractivity contribution in [2.24, 2.45) is 0 Å². The van der Waals surface area contributed by atoms with Crippen molar-refractivity contribution in [3.63, 3.8) is 0 Å². The van der Waals surface area contributed by atoms with Gasteiger partial charge in [-0.25, -0.2) is 0 Å². The summed E-state index contributed by atoms with van der Waals surface area (Å²) in [5.74, 6) is -0.166. The van der Waals surface area contributed by atoms with Crippen molar-refractivity contribution in [2.75, 3.05) is 14.2 Å². The number of Topliss-reactive ketones (excluding diaryl/α,β-unsaturated/α-hetero) is 1. The molecule has 0 bridgehead atoms. The third kappa shape index (κ3) is 3.46. The lowest BCUT2D eigenvalue weighted by molar-refractivity contribution is -0.0993. The van der Waals surface area contributed by atoms with Crippen LogP contribution in [-0.2, 0) is 9.47 Å². The highest BCUT2D eigenvalue weighted by Gasteiger charge is 2.16. The third-order valence-corrected chi connectivity index (χ3v) is 2.67. The minimum absolute atomic E-state index is 0.104. The molecule has 88 valence electrons. The predicted molar refractivity (Wildman–Crippen MR) is 63.2 cm³/mol. The quantitative estimate of drug-likeness (QED) is 0.604. The minimum atomic E-state index is -0.567. The fourth-order valence-corrected chi connectivity index (χ4v) is 1.63. The van der Waals surface area contributed by atoms with Gasteiger partial charge in [0.1, 0.15) is 0 Å². The van der Waals surface area contributed by atoms with Crippen molar-refractivity contribution < 1.29 is 14.3 Å². The maximum atomic E-state index is 11.8. The van der Waals surface area contributed by atoms with Crippen molar-refractivity contribution in [3.8, 4) is 0 Å². The summed E-state index contributed by atoms with van der Waals surface area (Å²) in [6, 6.07) is 4.76. The first-order valence-corrected chi connectivity index (χ1v) is 5.38. The first-order valence-electron chi connectivity index (χ1n) is 4.62. The number of methoxy groups -OCH3 is 2. The van der Waals surface area contributed by atoms with E-state index in [2.05, 4.69) is 0 Å². The van der Waals surface area contributed by atoms with Crippen LogP contribution >= 0.6 is 23.2 Å². The van der Waals surface area contributed by atoms with Crippen molar-refractivity contribution in [3.05, 3.63) is 33.8 Å². The Morgan fingerprint density at radius 2 is 1.94 bits per heavy atom. The van der Waals surface area contributed by atoms with E-state index < -0.39 is 6.29 Å². The molecule has 0 amide bonds. The van der Waals surface area contributed by atoms with Crippen molar-refractivity contribution in [1.29, 1.82) is 0 Å². The molecule has 16 heavy (non-hydrogen) atoms. The number of rotatable bonds is 5. The van der Waals surface area contributed by atoms with Gasteiger partial charge < -0.3 is 9.47 Å². The van der Waals surface area contributed by atoms with Gasteiger partial charge in [-0.05, 0) is 18.2 Å². The number of benzene rings is 1. The molecule has 1 aromatic carbocycles. The highest BCUT2D eigenvalue weighted by molar-refractivity contribution is 6.35. The van der Waals surface area contributed by atoms with E-state index in [9.17, 15) is 4.79 Å². The van der Waals surface area contributed by atoms with Crippen LogP contribution in [0, 0.1) is 0 Å². The van der Waals surface area contributed by atoms with Crippen LogP contribution in [0.15, 0.2) is 18.2 Å². The molecule has 3 nitrogen and oxygen atoms in total. The van der Waals surface area contributed by atoms with E-state index in [1.54, 1.807) is 12.1 Å². The largest absolute Gasteiger partial charge is 0.355 e. The molecule has 1 aromatic rings. The summed E-state index contributed by atoms with van der Waals surface area (Å²) in [6.07, 6.45) is -0.463. The van der Waals surface area contributed by atoms with E-state index in [0.717, 1.165) is 0 Å². The maximum absolute atomic E-state index is 11.8. The van der Waals surface area contributed by atoms with Gasteiger partial charge in [-0.1, -0.05) is 23.2 Å². The zero-order valence-corrected chi connectivity index (χ0v) is 10.5. The van der Waals surface area contributed by atoms with Gasteiger partial charge in [0.2, 0.25) is 0 Å². The summed E-state index contributed by atoms with van der Waals surface area (Å²) in [6.45, 7) is 0. The molecule has 0 aliphatic heterocycles. The second-order valence-corrected chi connectivity index (χ2v) is 4.00. The number of carbonyl (C=O) groups is 1. The first kappa shape index (κ1) is 13.5. The summed E-state index contributed by atoms with van der Waals surface area (Å²) in [5, 5.41) is 0.847. The number of carbonyl (C=O) groups excluding carboxylic acids is 1. The Hall–Kier alpha value is -0.610. The molecule has 0 saturated heterocycles. The van der Waals surface area contributed by atoms with Gasteiger partial charge in [0, 0.05) is 24.8 Å². The summed E-state index contributed by atoms with van der Waals surface area (Å²) in [4.78, 5) is 11.8. The van der Waals surface area contributed by atoms with Crippen molar-refractivity contribution in [1.82, 2.24) is 0 Å². The average molecular weight is 263 g/mol. The molecule has 0 aromatic heterocycles. The Morgan fingerprint density at radius 3 is 2.50 bits per heavy atom. The molecule has 0 spiro atoms. The lowest BCUT2D eigenvalue weighted by Crippen LogP contribution is -2.18. The standard InChI is InChI=1S/C11H12Cl2O3/c1-15-11(16-2)6-10(14)8-5-7(12)3-4-9(8)13/h3-5,11H,6H2,1-2H3. The van der Waals surface area contributed by atoms with E-state index in [1.807, 2.05) is 0 Å². The zero-order chi connectivity index (χ0) is 12.1. The van der Waals surface area contributed by atoms with E-state index in [-0.39, 0.29) is 12.2 Å². The van der Waals surface area contributed by atoms with Gasteiger partial charge in [0.25, 0.3) is 0 Å². The van der Waals surface area contributed by atoms with Crippen molar-refractivity contribution >= 4 is 29.0 Å². The average Bonchev–Trinajstić information content (AvgIpc) is 2.28. The number of halogens is 2. The molecule has 0 radical (unpaired) electrons. The summed E-state index contributed by atoms with van der Waals surface area (Å²) in [7, 11) is 2.95. The van der Waals surface area contributed by atoms with Crippen LogP contribution in [0.4, 0.5) is 0 Å². The molecule has 0 aliphatic rings. The number of ketones is 1. The lowest BCUT2D eigenvalue weighted by Gasteiger charge is -2.12. The maximum Gasteiger partial charge on any atom is 0.169 e. The lowest BCUT2D eigenvalue weighted by atomic mass is 10.1. The minimum Gasteiger partial charge on any atom is -0.355 e. The van der Waals surface area contributed by atoms with E-state index in [1.165, 1.54) is 20.3 Å². The van der Waals surface area contributed by atoms with Gasteiger partial charge in [-0.15, -0.1) is 0 Å². The van der Waals surface area contributed by atoms with Crippen LogP contribution < -0.4 is 0 Å². The fraction of sp³-hybridized carbons (Fsp3) is 0.364. The molecule has 0 N–H and O–H groups in total. The fourth-order valence-electron chi connectivity index (χ4n) is 1.24. The molecular weight excluding hydrogens is 251 g/mol. The van der Waals surface area contributed by atoms with Crippen molar-refractivity contribution in [2.45, 2.75) is 12.7 Å². The number of hydrogen-bond acceptors (Lipinski definition) is 3. The summed E-state index contributed by atoms with van der Waals surface area (Å²) in [5.41, 5.74) is 0.383. The van der Waals surface area contributed by atoms with Crippen LogP contribution in [0.3, 0.4) is 0 Å². The SMILES string of the molecule is COC(CC(=O)c1cc(Cl)ccc1Cl)OC. The second kappa shape index (κ2) is 6.21. The number of ether oxygens (including phenoxy) is 2. The molecule has 0 aliphatic carbocycles. The van der Waals surface area contributed by atoms with Crippen LogP contribution in [0.25, 0.3) is 0 Å². The van der Waals surface area contributed by atoms with E-state index >= 15 is 0 Å². The molecule has 0 fully saturated rings. The third-order valence-electron chi connectivity index (χ3n) is 2.11. The Balaban J connectivity index is 2.83. The molecule has 0 heterocycles. The monoisotopic (exact) mass is 262 g/mol. The van der Waals surface area contributed by atoms with Gasteiger partial charge in [0.05, 0.1) is 11.4 Å². The molecule has 0 atom stereocenters. The van der Waals surface area contributed by atoms with Crippen LogP contribution in [-0.4, -0.2) is 26.3 Å². The Labute approximate surface area is 104 Å². The van der Waals surface area contributed by atoms with Crippen LogP contribution in [0.5, 0.6) is 0 Å². The van der Waals surface area contributed by atoms with Gasteiger partial charge in [-0.3, -0.25) is 4.79 Å². The van der Waals surface area contributed by atoms with E-state index in [0.29, 0.717) is 15.6 Å². The summed E-state index contributed by atoms with van der Waals surface area (Å²) >= 11 is 11.7. The van der Waals surface area contributed by atoms with Gasteiger partial charge in [0.15, 0.2) is 12.1 Å². The molecular formula is C11H12Cl2O3. The second-order valence-electron chi connectivity index (χ2n) is 3.15. The Kier molecular flexibility index (Phi) is 5.22. The number of hydrogen-bond donors (Lipinski definition) is 0. The summed E-state index contributed by atoms with van der Waals surface area (Å²) < 4.78 is 9.89. The topological polar surface area (TPSA) is 35.5 Å². The Bertz CT molecular complexity index is 375. The first-order chi connectivity index (χ1) is 7.58. The molecule has 0 unspecified atom stereocenters. The molecule has 5 heteroatoms. The van der Waals surface area contributed by atoms with E-state index in [4.69, 9.17) is 32.7 Å². The van der Waals surface area contributed by atoms with Gasteiger partial charge in [-0.2, -0.15) is 0 Å². The predicted octanol–water partition coefficient (Wildman–Crippen LogP) is 3.19. The molecule has 1 rings (SSSR count). The zero-order valence-electron chi connectivity index (χ0n) is 9.00. The normalized spacial score (nSPS) is 10.8. The van der Waals surface area contributed by atoms with Gasteiger partial charge >= 0.3 is 0 Å². The smallest absolute Gasteiger partial charge is 0.169 e. The highest BCUT2D eigenvalue weighted by atomic mass is 35.5. The van der Waals surface area contributed by atoms with Crippen LogP contribution in [0.2, 0.25) is 10.0 Å². The highest BCUT2D eigenvalue weighted by Crippen LogP contribution is 2.22. The van der Waals surface area contributed by atoms with Crippen LogP contribution in [0.1, 0.15) is 16.8 Å². The molecule has 0 saturated carbocycles. The Morgan fingerprint density at radius 1 is 1.31 bits per heavy atom.